The molecule has 4 aromatic rings. The molecule has 0 bridgehead atoms. The average Bonchev–Trinajstić information content (AvgIpc) is 3.31. The van der Waals surface area contributed by atoms with Crippen LogP contribution in [0, 0.1) is 0 Å². The number of hydrogen-bond acceptors (Lipinski definition) is 6. The SMILES string of the molecule is CN1CCN([C@H]2CC[C@H](c3nc(-c4ccc(Oc5ccccc5)cc4)c4c(N)nccn43)CC2)CC1. The molecule has 186 valence electrons. The number of ether oxygens (including phenoxy) is 1. The van der Waals surface area contributed by atoms with Crippen LogP contribution in [-0.2, 0) is 0 Å². The first-order chi connectivity index (χ1) is 17.7. The number of anilines is 1. The number of aromatic nitrogens is 3. The van der Waals surface area contributed by atoms with E-state index in [1.165, 1.54) is 39.0 Å². The number of fused-ring (bicyclic) bond motifs is 1. The molecular formula is C29H34N6O. The Balaban J connectivity index is 1.24. The Bertz CT molecular complexity index is 1300. The van der Waals surface area contributed by atoms with E-state index in [2.05, 4.69) is 38.4 Å². The third kappa shape index (κ3) is 4.56. The molecule has 1 aliphatic heterocycles. The Morgan fingerprint density at radius 3 is 2.28 bits per heavy atom. The molecule has 2 N–H and O–H groups in total. The lowest BCUT2D eigenvalue weighted by molar-refractivity contribution is 0.0872. The second kappa shape index (κ2) is 9.91. The van der Waals surface area contributed by atoms with Crippen LogP contribution >= 0.6 is 0 Å². The van der Waals surface area contributed by atoms with Gasteiger partial charge in [0.25, 0.3) is 0 Å². The molecule has 1 saturated carbocycles. The second-order valence-corrected chi connectivity index (χ2v) is 10.1. The van der Waals surface area contributed by atoms with Crippen molar-refractivity contribution in [3.05, 3.63) is 72.8 Å². The van der Waals surface area contributed by atoms with Crippen molar-refractivity contribution in [2.24, 2.45) is 0 Å². The maximum atomic E-state index is 6.39. The van der Waals surface area contributed by atoms with Gasteiger partial charge in [-0.05, 0) is 69.1 Å². The van der Waals surface area contributed by atoms with Gasteiger partial charge in [-0.1, -0.05) is 18.2 Å². The summed E-state index contributed by atoms with van der Waals surface area (Å²) in [6.07, 6.45) is 8.56. The first-order valence-corrected chi connectivity index (χ1v) is 13.0. The van der Waals surface area contributed by atoms with Crippen molar-refractivity contribution in [1.82, 2.24) is 24.2 Å². The zero-order valence-corrected chi connectivity index (χ0v) is 20.9. The van der Waals surface area contributed by atoms with Gasteiger partial charge < -0.3 is 15.4 Å². The van der Waals surface area contributed by atoms with E-state index in [0.29, 0.717) is 17.8 Å². The highest BCUT2D eigenvalue weighted by Crippen LogP contribution is 2.38. The molecule has 1 saturated heterocycles. The molecule has 1 aliphatic carbocycles. The van der Waals surface area contributed by atoms with E-state index in [1.807, 2.05) is 48.7 Å². The summed E-state index contributed by atoms with van der Waals surface area (Å²) < 4.78 is 8.15. The Morgan fingerprint density at radius 1 is 0.861 bits per heavy atom. The minimum absolute atomic E-state index is 0.428. The van der Waals surface area contributed by atoms with Crippen molar-refractivity contribution >= 4 is 11.3 Å². The fraction of sp³-hybridized carbons (Fsp3) is 0.379. The van der Waals surface area contributed by atoms with Gasteiger partial charge in [-0.15, -0.1) is 0 Å². The molecule has 7 heteroatoms. The van der Waals surface area contributed by atoms with Crippen LogP contribution in [0.15, 0.2) is 67.0 Å². The Kier molecular flexibility index (Phi) is 6.34. The number of nitrogens with two attached hydrogens (primary N) is 1. The van der Waals surface area contributed by atoms with Crippen LogP contribution in [-0.4, -0.2) is 63.4 Å². The number of likely N-dealkylation sites (N-methyl/N-ethyl adjacent to an activating group) is 1. The van der Waals surface area contributed by atoms with Crippen LogP contribution < -0.4 is 10.5 Å². The topological polar surface area (TPSA) is 71.9 Å². The first-order valence-electron chi connectivity index (χ1n) is 13.0. The lowest BCUT2D eigenvalue weighted by atomic mass is 9.84. The van der Waals surface area contributed by atoms with Gasteiger partial charge >= 0.3 is 0 Å². The predicted octanol–water partition coefficient (Wildman–Crippen LogP) is 5.04. The Hall–Kier alpha value is -3.42. The molecule has 0 radical (unpaired) electrons. The van der Waals surface area contributed by atoms with Crippen LogP contribution in [0.3, 0.4) is 0 Å². The predicted molar refractivity (Wildman–Crippen MR) is 143 cm³/mol. The van der Waals surface area contributed by atoms with E-state index >= 15 is 0 Å². The first kappa shape index (κ1) is 23.0. The maximum absolute atomic E-state index is 6.39. The molecule has 0 amide bonds. The van der Waals surface area contributed by atoms with Crippen LogP contribution in [0.5, 0.6) is 11.5 Å². The summed E-state index contributed by atoms with van der Waals surface area (Å²) >= 11 is 0. The molecule has 2 aromatic heterocycles. The number of imidazole rings is 1. The Morgan fingerprint density at radius 2 is 1.56 bits per heavy atom. The van der Waals surface area contributed by atoms with Crippen molar-refractivity contribution in [2.75, 3.05) is 39.0 Å². The number of piperazine rings is 1. The van der Waals surface area contributed by atoms with Crippen molar-refractivity contribution in [3.8, 4) is 22.8 Å². The average molecular weight is 483 g/mol. The lowest BCUT2D eigenvalue weighted by Gasteiger charge is -2.41. The third-order valence-corrected chi connectivity index (χ3v) is 7.83. The van der Waals surface area contributed by atoms with E-state index < -0.39 is 0 Å². The van der Waals surface area contributed by atoms with E-state index in [-0.39, 0.29) is 0 Å². The van der Waals surface area contributed by atoms with Gasteiger partial charge in [0.15, 0.2) is 0 Å². The molecule has 7 nitrogen and oxygen atoms in total. The molecule has 0 atom stereocenters. The summed E-state index contributed by atoms with van der Waals surface area (Å²) in [5.74, 6) is 3.66. The minimum atomic E-state index is 0.428. The van der Waals surface area contributed by atoms with E-state index in [0.717, 1.165) is 46.9 Å². The minimum Gasteiger partial charge on any atom is -0.457 e. The fourth-order valence-corrected chi connectivity index (χ4v) is 5.77. The number of benzene rings is 2. The van der Waals surface area contributed by atoms with Gasteiger partial charge in [0.05, 0.1) is 0 Å². The van der Waals surface area contributed by atoms with E-state index in [4.69, 9.17) is 15.5 Å². The zero-order chi connectivity index (χ0) is 24.5. The lowest BCUT2D eigenvalue weighted by Crippen LogP contribution is -2.49. The van der Waals surface area contributed by atoms with Crippen LogP contribution in [0.1, 0.15) is 37.4 Å². The van der Waals surface area contributed by atoms with Crippen molar-refractivity contribution in [3.63, 3.8) is 0 Å². The summed E-state index contributed by atoms with van der Waals surface area (Å²) in [5, 5.41) is 0. The number of para-hydroxylation sites is 1. The number of nitrogens with zero attached hydrogens (tertiary/aromatic N) is 5. The zero-order valence-electron chi connectivity index (χ0n) is 20.9. The molecule has 2 aromatic carbocycles. The van der Waals surface area contributed by atoms with Gasteiger partial charge in [-0.3, -0.25) is 9.30 Å². The van der Waals surface area contributed by atoms with Crippen LogP contribution in [0.2, 0.25) is 0 Å². The summed E-state index contributed by atoms with van der Waals surface area (Å²) in [7, 11) is 2.22. The molecule has 3 heterocycles. The standard InChI is InChI=1S/C29H34N6O/c1-33-17-19-34(20-18-33)23-11-7-22(8-12-23)29-32-26(27-28(30)31-15-16-35(27)29)21-9-13-25(14-10-21)36-24-5-3-2-4-6-24/h2-6,9-10,13-16,22-23H,7-8,11-12,17-20H2,1H3,(H2,30,31)/t22-,23-. The van der Waals surface area contributed by atoms with Gasteiger partial charge in [0, 0.05) is 56.1 Å². The van der Waals surface area contributed by atoms with Gasteiger partial charge in [-0.25, -0.2) is 9.97 Å². The Labute approximate surface area is 212 Å². The van der Waals surface area contributed by atoms with Crippen LogP contribution in [0.4, 0.5) is 5.82 Å². The number of nitrogen functional groups attached to an aromatic ring is 1. The number of rotatable bonds is 5. The van der Waals surface area contributed by atoms with Gasteiger partial charge in [0.1, 0.15) is 34.4 Å². The van der Waals surface area contributed by atoms with Gasteiger partial charge in [0.2, 0.25) is 0 Å². The molecular weight excluding hydrogens is 448 g/mol. The maximum Gasteiger partial charge on any atom is 0.150 e. The summed E-state index contributed by atoms with van der Waals surface area (Å²) in [6.45, 7) is 4.73. The van der Waals surface area contributed by atoms with Crippen LogP contribution in [0.25, 0.3) is 16.8 Å². The van der Waals surface area contributed by atoms with Gasteiger partial charge in [-0.2, -0.15) is 0 Å². The highest BCUT2D eigenvalue weighted by Gasteiger charge is 2.31. The van der Waals surface area contributed by atoms with Crippen molar-refractivity contribution in [1.29, 1.82) is 0 Å². The summed E-state index contributed by atoms with van der Waals surface area (Å²) in [4.78, 5) is 14.7. The highest BCUT2D eigenvalue weighted by molar-refractivity contribution is 5.85. The molecule has 2 fully saturated rings. The summed E-state index contributed by atoms with van der Waals surface area (Å²) in [6, 6.07) is 18.6. The highest BCUT2D eigenvalue weighted by atomic mass is 16.5. The van der Waals surface area contributed by atoms with E-state index in [9.17, 15) is 0 Å². The number of hydrogen-bond donors (Lipinski definition) is 1. The molecule has 36 heavy (non-hydrogen) atoms. The van der Waals surface area contributed by atoms with Crippen molar-refractivity contribution < 1.29 is 4.74 Å². The smallest absolute Gasteiger partial charge is 0.150 e. The molecule has 0 unspecified atom stereocenters. The largest absolute Gasteiger partial charge is 0.457 e. The molecule has 2 aliphatic rings. The second-order valence-electron chi connectivity index (χ2n) is 10.1. The third-order valence-electron chi connectivity index (χ3n) is 7.83. The normalized spacial score (nSPS) is 21.6. The monoisotopic (exact) mass is 482 g/mol. The summed E-state index contributed by atoms with van der Waals surface area (Å²) in [5.41, 5.74) is 9.20. The quantitative estimate of drug-likeness (QED) is 0.429. The van der Waals surface area contributed by atoms with Crippen molar-refractivity contribution in [2.45, 2.75) is 37.6 Å². The molecule has 6 rings (SSSR count). The fourth-order valence-electron chi connectivity index (χ4n) is 5.77. The van der Waals surface area contributed by atoms with E-state index in [1.54, 1.807) is 6.20 Å². The molecule has 0 spiro atoms.